The molecule has 1 aliphatic rings. The van der Waals surface area contributed by atoms with Gasteiger partial charge in [0.25, 0.3) is 5.91 Å². The Kier molecular flexibility index (Phi) is 3.56. The summed E-state index contributed by atoms with van der Waals surface area (Å²) in [7, 11) is 1.77. The Morgan fingerprint density at radius 2 is 2.62 bits per heavy atom. The van der Waals surface area contributed by atoms with E-state index in [2.05, 4.69) is 15.7 Å². The van der Waals surface area contributed by atoms with Crippen LogP contribution in [0.5, 0.6) is 0 Å². The van der Waals surface area contributed by atoms with Crippen LogP contribution in [0.3, 0.4) is 0 Å². The second-order valence-corrected chi connectivity index (χ2v) is 4.18. The number of carbonyl (C=O) groups excluding carboxylic acids is 1. The first kappa shape index (κ1) is 11.1. The molecule has 16 heavy (non-hydrogen) atoms. The van der Waals surface area contributed by atoms with Crippen molar-refractivity contribution in [2.45, 2.75) is 25.3 Å². The minimum Gasteiger partial charge on any atom is -0.351 e. The lowest BCUT2D eigenvalue weighted by Crippen LogP contribution is -2.31. The van der Waals surface area contributed by atoms with Gasteiger partial charge < -0.3 is 10.6 Å². The maximum atomic E-state index is 11.7. The van der Waals surface area contributed by atoms with E-state index in [1.54, 1.807) is 24.0 Å². The molecule has 1 aromatic rings. The number of hydrogen-bond acceptors (Lipinski definition) is 3. The van der Waals surface area contributed by atoms with Crippen molar-refractivity contribution in [2.24, 2.45) is 7.05 Å². The van der Waals surface area contributed by atoms with Gasteiger partial charge in [-0.1, -0.05) is 0 Å². The molecule has 88 valence electrons. The zero-order chi connectivity index (χ0) is 11.4. The Morgan fingerprint density at radius 3 is 3.25 bits per heavy atom. The maximum absolute atomic E-state index is 11.7. The van der Waals surface area contributed by atoms with Gasteiger partial charge in [-0.2, -0.15) is 5.10 Å². The average Bonchev–Trinajstić information content (AvgIpc) is 2.88. The summed E-state index contributed by atoms with van der Waals surface area (Å²) < 4.78 is 1.59. The number of nitrogens with zero attached hydrogens (tertiary/aromatic N) is 2. The third kappa shape index (κ3) is 2.61. The van der Waals surface area contributed by atoms with Crippen LogP contribution in [0.15, 0.2) is 12.3 Å². The summed E-state index contributed by atoms with van der Waals surface area (Å²) >= 11 is 0. The lowest BCUT2D eigenvalue weighted by Gasteiger charge is -2.10. The van der Waals surface area contributed by atoms with Gasteiger partial charge in [0.1, 0.15) is 5.69 Å². The molecule has 0 saturated carbocycles. The van der Waals surface area contributed by atoms with Crippen molar-refractivity contribution in [2.75, 3.05) is 13.1 Å². The Bertz CT molecular complexity index is 355. The molecule has 0 bridgehead atoms. The second-order valence-electron chi connectivity index (χ2n) is 4.18. The fourth-order valence-electron chi connectivity index (χ4n) is 2.05. The zero-order valence-corrected chi connectivity index (χ0v) is 9.57. The van der Waals surface area contributed by atoms with E-state index in [0.717, 1.165) is 19.5 Å². The summed E-state index contributed by atoms with van der Waals surface area (Å²) in [4.78, 5) is 11.7. The topological polar surface area (TPSA) is 59.0 Å². The molecule has 1 fully saturated rings. The molecule has 5 heteroatoms. The summed E-state index contributed by atoms with van der Waals surface area (Å²) in [5.74, 6) is -0.0435. The molecule has 2 heterocycles. The van der Waals surface area contributed by atoms with E-state index in [4.69, 9.17) is 0 Å². The Morgan fingerprint density at radius 1 is 1.75 bits per heavy atom. The average molecular weight is 222 g/mol. The summed E-state index contributed by atoms with van der Waals surface area (Å²) in [6.07, 6.45) is 5.11. The van der Waals surface area contributed by atoms with E-state index in [-0.39, 0.29) is 5.91 Å². The van der Waals surface area contributed by atoms with Gasteiger partial charge in [0.2, 0.25) is 0 Å². The highest BCUT2D eigenvalue weighted by molar-refractivity contribution is 5.92. The van der Waals surface area contributed by atoms with Crippen molar-refractivity contribution < 1.29 is 4.79 Å². The molecule has 0 radical (unpaired) electrons. The second kappa shape index (κ2) is 5.12. The smallest absolute Gasteiger partial charge is 0.269 e. The van der Waals surface area contributed by atoms with Gasteiger partial charge in [-0.15, -0.1) is 0 Å². The number of hydrogen-bond donors (Lipinski definition) is 2. The molecule has 1 aliphatic heterocycles. The van der Waals surface area contributed by atoms with Gasteiger partial charge >= 0.3 is 0 Å². The minimum atomic E-state index is -0.0435. The standard InChI is InChI=1S/C11H18N4O/c1-15-10(5-8-14-15)11(16)13-7-4-9-3-2-6-12-9/h5,8-9,12H,2-4,6-7H2,1H3,(H,13,16)/t9-/m0/s1. The largest absolute Gasteiger partial charge is 0.351 e. The SMILES string of the molecule is Cn1nccc1C(=O)NCC[C@@H]1CCCN1. The van der Waals surface area contributed by atoms with Crippen LogP contribution < -0.4 is 10.6 Å². The van der Waals surface area contributed by atoms with Gasteiger partial charge in [-0.05, 0) is 31.9 Å². The van der Waals surface area contributed by atoms with Crippen molar-refractivity contribution in [3.8, 4) is 0 Å². The number of aryl methyl sites for hydroxylation is 1. The lowest BCUT2D eigenvalue weighted by atomic mass is 10.1. The van der Waals surface area contributed by atoms with Crippen LogP contribution in [0, 0.1) is 0 Å². The van der Waals surface area contributed by atoms with Crippen LogP contribution in [0.1, 0.15) is 29.8 Å². The van der Waals surface area contributed by atoms with E-state index < -0.39 is 0 Å². The highest BCUT2D eigenvalue weighted by Gasteiger charge is 2.14. The molecule has 1 saturated heterocycles. The molecule has 0 aliphatic carbocycles. The molecule has 0 unspecified atom stereocenters. The minimum absolute atomic E-state index is 0.0435. The molecule has 1 aromatic heterocycles. The summed E-state index contributed by atoms with van der Waals surface area (Å²) in [5.41, 5.74) is 0.611. The number of rotatable bonds is 4. The predicted molar refractivity (Wildman–Crippen MR) is 61.2 cm³/mol. The summed E-state index contributed by atoms with van der Waals surface area (Å²) in [6.45, 7) is 1.84. The molecule has 0 spiro atoms. The van der Waals surface area contributed by atoms with Gasteiger partial charge in [0.05, 0.1) is 0 Å². The number of aromatic nitrogens is 2. The van der Waals surface area contributed by atoms with Crippen molar-refractivity contribution in [1.82, 2.24) is 20.4 Å². The van der Waals surface area contributed by atoms with Crippen molar-refractivity contribution in [3.05, 3.63) is 18.0 Å². The first-order chi connectivity index (χ1) is 7.77. The molecule has 2 N–H and O–H groups in total. The third-order valence-electron chi connectivity index (χ3n) is 2.99. The van der Waals surface area contributed by atoms with Gasteiger partial charge in [-0.25, -0.2) is 0 Å². The molecule has 1 amide bonds. The van der Waals surface area contributed by atoms with Crippen LogP contribution in [0.2, 0.25) is 0 Å². The maximum Gasteiger partial charge on any atom is 0.269 e. The van der Waals surface area contributed by atoms with E-state index in [0.29, 0.717) is 11.7 Å². The number of carbonyl (C=O) groups is 1. The fourth-order valence-corrected chi connectivity index (χ4v) is 2.05. The van der Waals surface area contributed by atoms with Crippen LogP contribution in [0.25, 0.3) is 0 Å². The lowest BCUT2D eigenvalue weighted by molar-refractivity contribution is 0.0943. The van der Waals surface area contributed by atoms with Crippen LogP contribution in [-0.2, 0) is 7.05 Å². The summed E-state index contributed by atoms with van der Waals surface area (Å²) in [5, 5.41) is 10.3. The predicted octanol–water partition coefficient (Wildman–Crippen LogP) is 0.292. The van der Waals surface area contributed by atoms with Crippen molar-refractivity contribution in [3.63, 3.8) is 0 Å². The molecule has 5 nitrogen and oxygen atoms in total. The Balaban J connectivity index is 1.73. The van der Waals surface area contributed by atoms with Crippen molar-refractivity contribution in [1.29, 1.82) is 0 Å². The van der Waals surface area contributed by atoms with Crippen LogP contribution in [0.4, 0.5) is 0 Å². The normalized spacial score (nSPS) is 19.9. The van der Waals surface area contributed by atoms with E-state index in [9.17, 15) is 4.79 Å². The molecule has 1 atom stereocenters. The summed E-state index contributed by atoms with van der Waals surface area (Å²) in [6, 6.07) is 2.30. The van der Waals surface area contributed by atoms with E-state index >= 15 is 0 Å². The first-order valence-electron chi connectivity index (χ1n) is 5.77. The van der Waals surface area contributed by atoms with Crippen LogP contribution in [-0.4, -0.2) is 34.8 Å². The first-order valence-corrected chi connectivity index (χ1v) is 5.77. The van der Waals surface area contributed by atoms with E-state index in [1.807, 2.05) is 0 Å². The number of amides is 1. The quantitative estimate of drug-likeness (QED) is 0.770. The van der Waals surface area contributed by atoms with Gasteiger partial charge in [0.15, 0.2) is 0 Å². The van der Waals surface area contributed by atoms with E-state index in [1.165, 1.54) is 12.8 Å². The van der Waals surface area contributed by atoms with Crippen LogP contribution >= 0.6 is 0 Å². The van der Waals surface area contributed by atoms with Gasteiger partial charge in [-0.3, -0.25) is 9.48 Å². The third-order valence-corrected chi connectivity index (χ3v) is 2.99. The molecule has 0 aromatic carbocycles. The Hall–Kier alpha value is -1.36. The monoisotopic (exact) mass is 222 g/mol. The molecular weight excluding hydrogens is 204 g/mol. The zero-order valence-electron chi connectivity index (χ0n) is 9.57. The van der Waals surface area contributed by atoms with Crippen molar-refractivity contribution >= 4 is 5.91 Å². The number of nitrogens with one attached hydrogen (secondary N) is 2. The molecular formula is C11H18N4O. The fraction of sp³-hybridized carbons (Fsp3) is 0.636. The highest BCUT2D eigenvalue weighted by atomic mass is 16.2. The van der Waals surface area contributed by atoms with Gasteiger partial charge in [0, 0.05) is 25.8 Å². The molecule has 2 rings (SSSR count). The Labute approximate surface area is 95.2 Å². The highest BCUT2D eigenvalue weighted by Crippen LogP contribution is 2.07.